The number of rotatable bonds is 3. The lowest BCUT2D eigenvalue weighted by Gasteiger charge is -2.25. The van der Waals surface area contributed by atoms with Crippen LogP contribution in [0.15, 0.2) is 35.0 Å². The SMILES string of the molecule is CC(C)(CO)c1ccccc1-c1cnoc1N. The molecule has 0 aliphatic carbocycles. The van der Waals surface area contributed by atoms with Crippen LogP contribution in [-0.4, -0.2) is 16.9 Å². The van der Waals surface area contributed by atoms with Crippen LogP contribution in [-0.2, 0) is 5.41 Å². The van der Waals surface area contributed by atoms with Crippen molar-refractivity contribution in [2.75, 3.05) is 12.3 Å². The Labute approximate surface area is 100 Å². The van der Waals surface area contributed by atoms with Gasteiger partial charge in [0.25, 0.3) is 0 Å². The molecule has 0 radical (unpaired) electrons. The number of benzene rings is 1. The summed E-state index contributed by atoms with van der Waals surface area (Å²) in [5, 5.41) is 13.2. The Hall–Kier alpha value is -1.81. The van der Waals surface area contributed by atoms with Crippen molar-refractivity contribution in [3.05, 3.63) is 36.0 Å². The number of anilines is 1. The van der Waals surface area contributed by atoms with Crippen LogP contribution in [0.3, 0.4) is 0 Å². The van der Waals surface area contributed by atoms with Crippen molar-refractivity contribution in [2.24, 2.45) is 0 Å². The van der Waals surface area contributed by atoms with Crippen molar-refractivity contribution >= 4 is 5.88 Å². The predicted octanol–water partition coefficient (Wildman–Crippen LogP) is 2.19. The van der Waals surface area contributed by atoms with E-state index in [-0.39, 0.29) is 12.0 Å². The number of hydrogen-bond acceptors (Lipinski definition) is 4. The van der Waals surface area contributed by atoms with Crippen LogP contribution in [0.5, 0.6) is 0 Å². The second-order valence-electron chi connectivity index (χ2n) is 4.69. The summed E-state index contributed by atoms with van der Waals surface area (Å²) in [6.45, 7) is 4.03. The summed E-state index contributed by atoms with van der Waals surface area (Å²) in [6.07, 6.45) is 1.60. The lowest BCUT2D eigenvalue weighted by atomic mass is 9.81. The number of nitrogen functional groups attached to an aromatic ring is 1. The van der Waals surface area contributed by atoms with Gasteiger partial charge in [-0.1, -0.05) is 43.3 Å². The highest BCUT2D eigenvalue weighted by atomic mass is 16.5. The van der Waals surface area contributed by atoms with Crippen LogP contribution < -0.4 is 5.73 Å². The van der Waals surface area contributed by atoms with Crippen molar-refractivity contribution in [2.45, 2.75) is 19.3 Å². The molecular formula is C13H16N2O2. The molecular weight excluding hydrogens is 216 g/mol. The minimum absolute atomic E-state index is 0.0647. The van der Waals surface area contributed by atoms with Gasteiger partial charge in [-0.05, 0) is 11.1 Å². The topological polar surface area (TPSA) is 72.3 Å². The molecule has 0 spiro atoms. The van der Waals surface area contributed by atoms with Gasteiger partial charge >= 0.3 is 0 Å². The minimum Gasteiger partial charge on any atom is -0.395 e. The highest BCUT2D eigenvalue weighted by Crippen LogP contribution is 2.35. The Morgan fingerprint density at radius 1 is 1.29 bits per heavy atom. The molecule has 3 N–H and O–H groups in total. The number of aliphatic hydroxyl groups excluding tert-OH is 1. The fourth-order valence-corrected chi connectivity index (χ4v) is 1.84. The lowest BCUT2D eigenvalue weighted by Crippen LogP contribution is -2.22. The van der Waals surface area contributed by atoms with E-state index in [1.165, 1.54) is 0 Å². The van der Waals surface area contributed by atoms with Crippen LogP contribution in [0.25, 0.3) is 11.1 Å². The summed E-state index contributed by atoms with van der Waals surface area (Å²) in [5.74, 6) is 0.297. The van der Waals surface area contributed by atoms with Crippen molar-refractivity contribution in [1.82, 2.24) is 5.16 Å². The van der Waals surface area contributed by atoms with Gasteiger partial charge in [-0.3, -0.25) is 0 Å². The van der Waals surface area contributed by atoms with E-state index < -0.39 is 0 Å². The Bertz CT molecular complexity index is 518. The molecule has 4 heteroatoms. The summed E-state index contributed by atoms with van der Waals surface area (Å²) in [7, 11) is 0. The Balaban J connectivity index is 2.60. The third kappa shape index (κ3) is 2.03. The Morgan fingerprint density at radius 3 is 2.59 bits per heavy atom. The van der Waals surface area contributed by atoms with E-state index in [0.29, 0.717) is 5.88 Å². The van der Waals surface area contributed by atoms with Gasteiger partial charge in [-0.15, -0.1) is 0 Å². The summed E-state index contributed by atoms with van der Waals surface area (Å²) >= 11 is 0. The lowest BCUT2D eigenvalue weighted by molar-refractivity contribution is 0.219. The van der Waals surface area contributed by atoms with Crippen molar-refractivity contribution in [1.29, 1.82) is 0 Å². The second-order valence-corrected chi connectivity index (χ2v) is 4.69. The Morgan fingerprint density at radius 2 is 2.00 bits per heavy atom. The summed E-state index contributed by atoms with van der Waals surface area (Å²) in [4.78, 5) is 0. The number of nitrogens with two attached hydrogens (primary N) is 1. The minimum atomic E-state index is -0.333. The van der Waals surface area contributed by atoms with Crippen molar-refractivity contribution in [3.8, 4) is 11.1 Å². The summed E-state index contributed by atoms with van der Waals surface area (Å²) < 4.78 is 4.89. The molecule has 1 aromatic carbocycles. The van der Waals surface area contributed by atoms with Crippen LogP contribution >= 0.6 is 0 Å². The van der Waals surface area contributed by atoms with E-state index in [9.17, 15) is 5.11 Å². The van der Waals surface area contributed by atoms with Gasteiger partial charge in [0, 0.05) is 5.41 Å². The van der Waals surface area contributed by atoms with Crippen LogP contribution in [0, 0.1) is 0 Å². The maximum Gasteiger partial charge on any atom is 0.229 e. The molecule has 4 nitrogen and oxygen atoms in total. The highest BCUT2D eigenvalue weighted by molar-refractivity contribution is 5.75. The van der Waals surface area contributed by atoms with Gasteiger partial charge < -0.3 is 15.4 Å². The van der Waals surface area contributed by atoms with Crippen molar-refractivity contribution < 1.29 is 9.63 Å². The first-order valence-corrected chi connectivity index (χ1v) is 5.47. The van der Waals surface area contributed by atoms with Gasteiger partial charge in [0.2, 0.25) is 5.88 Å². The highest BCUT2D eigenvalue weighted by Gasteiger charge is 2.24. The molecule has 17 heavy (non-hydrogen) atoms. The van der Waals surface area contributed by atoms with Gasteiger partial charge in [0.05, 0.1) is 18.4 Å². The van der Waals surface area contributed by atoms with E-state index in [4.69, 9.17) is 10.3 Å². The zero-order valence-corrected chi connectivity index (χ0v) is 9.97. The van der Waals surface area contributed by atoms with E-state index >= 15 is 0 Å². The predicted molar refractivity (Wildman–Crippen MR) is 66.5 cm³/mol. The molecule has 2 aromatic rings. The molecule has 0 atom stereocenters. The maximum absolute atomic E-state index is 9.47. The fourth-order valence-electron chi connectivity index (χ4n) is 1.84. The quantitative estimate of drug-likeness (QED) is 0.850. The molecule has 0 fully saturated rings. The van der Waals surface area contributed by atoms with E-state index in [2.05, 4.69) is 5.16 Å². The molecule has 0 saturated carbocycles. The maximum atomic E-state index is 9.47. The summed E-state index contributed by atoms with van der Waals surface area (Å²) in [5.41, 5.74) is 8.14. The van der Waals surface area contributed by atoms with Crippen LogP contribution in [0.2, 0.25) is 0 Å². The van der Waals surface area contributed by atoms with Gasteiger partial charge in [0.15, 0.2) is 0 Å². The van der Waals surface area contributed by atoms with E-state index in [0.717, 1.165) is 16.7 Å². The number of aliphatic hydroxyl groups is 1. The molecule has 0 amide bonds. The zero-order valence-electron chi connectivity index (χ0n) is 9.97. The molecule has 0 unspecified atom stereocenters. The molecule has 1 aromatic heterocycles. The first kappa shape index (κ1) is 11.7. The number of nitrogens with zero attached hydrogens (tertiary/aromatic N) is 1. The first-order chi connectivity index (χ1) is 8.06. The molecule has 0 aliphatic rings. The average Bonchev–Trinajstić information content (AvgIpc) is 2.75. The smallest absolute Gasteiger partial charge is 0.229 e. The van der Waals surface area contributed by atoms with E-state index in [1.807, 2.05) is 38.1 Å². The molecule has 2 rings (SSSR count). The van der Waals surface area contributed by atoms with Gasteiger partial charge in [-0.25, -0.2) is 0 Å². The van der Waals surface area contributed by atoms with E-state index in [1.54, 1.807) is 6.20 Å². The first-order valence-electron chi connectivity index (χ1n) is 5.47. The molecule has 1 heterocycles. The normalized spacial score (nSPS) is 11.7. The van der Waals surface area contributed by atoms with Gasteiger partial charge in [-0.2, -0.15) is 0 Å². The average molecular weight is 232 g/mol. The zero-order chi connectivity index (χ0) is 12.5. The summed E-state index contributed by atoms with van der Waals surface area (Å²) in [6, 6.07) is 7.81. The molecule has 0 aliphatic heterocycles. The van der Waals surface area contributed by atoms with Gasteiger partial charge in [0.1, 0.15) is 0 Å². The molecule has 0 saturated heterocycles. The monoisotopic (exact) mass is 232 g/mol. The second kappa shape index (κ2) is 4.22. The fraction of sp³-hybridized carbons (Fsp3) is 0.308. The third-order valence-corrected chi connectivity index (χ3v) is 2.94. The number of aromatic nitrogens is 1. The Kier molecular flexibility index (Phi) is 2.90. The largest absolute Gasteiger partial charge is 0.395 e. The molecule has 90 valence electrons. The third-order valence-electron chi connectivity index (χ3n) is 2.94. The van der Waals surface area contributed by atoms with Crippen LogP contribution in [0.1, 0.15) is 19.4 Å². The standard InChI is InChI=1S/C13H16N2O2/c1-13(2,8-16)11-6-4-3-5-9(11)10-7-15-17-12(10)14/h3-7,16H,8,14H2,1-2H3. The number of hydrogen-bond donors (Lipinski definition) is 2. The molecule has 0 bridgehead atoms. The van der Waals surface area contributed by atoms with Crippen LogP contribution in [0.4, 0.5) is 5.88 Å². The van der Waals surface area contributed by atoms with Crippen molar-refractivity contribution in [3.63, 3.8) is 0 Å².